The zero-order valence-corrected chi connectivity index (χ0v) is 12.4. The molecule has 6 heteroatoms. The molecule has 6 nitrogen and oxygen atoms in total. The quantitative estimate of drug-likeness (QED) is 0.888. The average Bonchev–Trinajstić information content (AvgIpc) is 2.47. The summed E-state index contributed by atoms with van der Waals surface area (Å²) in [6.45, 7) is 1.17. The van der Waals surface area contributed by atoms with Crippen LogP contribution >= 0.6 is 0 Å². The van der Waals surface area contributed by atoms with Crippen molar-refractivity contribution in [2.24, 2.45) is 0 Å². The molecule has 1 atom stereocenters. The minimum atomic E-state index is -1.02. The van der Waals surface area contributed by atoms with Crippen LogP contribution in [0.15, 0.2) is 18.3 Å². The summed E-state index contributed by atoms with van der Waals surface area (Å²) in [7, 11) is 3.38. The van der Waals surface area contributed by atoms with Crippen LogP contribution in [0, 0.1) is 11.3 Å². The van der Waals surface area contributed by atoms with Gasteiger partial charge in [0.2, 0.25) is 5.91 Å². The number of carbonyl (C=O) groups excluding carboxylic acids is 1. The molecule has 1 aliphatic heterocycles. The maximum atomic E-state index is 11.8. The van der Waals surface area contributed by atoms with Crippen LogP contribution in [-0.2, 0) is 4.79 Å². The fourth-order valence-corrected chi connectivity index (χ4v) is 2.53. The molecule has 1 aromatic rings. The van der Waals surface area contributed by atoms with E-state index < -0.39 is 5.60 Å². The number of amides is 1. The summed E-state index contributed by atoms with van der Waals surface area (Å²) in [5.74, 6) is 0.650. The van der Waals surface area contributed by atoms with Gasteiger partial charge in [0.25, 0.3) is 0 Å². The van der Waals surface area contributed by atoms with E-state index in [1.165, 1.54) is 11.1 Å². The van der Waals surface area contributed by atoms with E-state index in [2.05, 4.69) is 4.98 Å². The molecule has 1 N–H and O–H groups in total. The molecular weight excluding hydrogens is 268 g/mol. The van der Waals surface area contributed by atoms with Gasteiger partial charge in [-0.2, -0.15) is 5.26 Å². The number of nitriles is 1. The van der Waals surface area contributed by atoms with E-state index in [9.17, 15) is 9.90 Å². The Morgan fingerprint density at radius 3 is 2.90 bits per heavy atom. The number of carbonyl (C=O) groups is 1. The minimum absolute atomic E-state index is 0.0767. The van der Waals surface area contributed by atoms with Gasteiger partial charge in [-0.05, 0) is 25.0 Å². The molecule has 112 valence electrons. The van der Waals surface area contributed by atoms with E-state index >= 15 is 0 Å². The van der Waals surface area contributed by atoms with Crippen LogP contribution in [0.1, 0.15) is 24.8 Å². The fourth-order valence-electron chi connectivity index (χ4n) is 2.53. The average molecular weight is 288 g/mol. The van der Waals surface area contributed by atoms with E-state index in [1.54, 1.807) is 26.2 Å². The Hall–Kier alpha value is -2.13. The molecule has 1 unspecified atom stereocenters. The molecule has 1 aromatic heterocycles. The van der Waals surface area contributed by atoms with Crippen molar-refractivity contribution in [2.75, 3.05) is 32.1 Å². The molecule has 21 heavy (non-hydrogen) atoms. The van der Waals surface area contributed by atoms with Crippen LogP contribution in [0.25, 0.3) is 0 Å². The van der Waals surface area contributed by atoms with Crippen molar-refractivity contribution in [3.05, 3.63) is 23.9 Å². The van der Waals surface area contributed by atoms with Crippen LogP contribution in [0.2, 0.25) is 0 Å². The van der Waals surface area contributed by atoms with Gasteiger partial charge in [-0.3, -0.25) is 4.79 Å². The van der Waals surface area contributed by atoms with Gasteiger partial charge < -0.3 is 14.9 Å². The molecule has 0 bridgehead atoms. The van der Waals surface area contributed by atoms with Gasteiger partial charge in [-0.1, -0.05) is 0 Å². The van der Waals surface area contributed by atoms with E-state index in [4.69, 9.17) is 5.26 Å². The predicted molar refractivity (Wildman–Crippen MR) is 78.7 cm³/mol. The zero-order chi connectivity index (χ0) is 15.5. The van der Waals surface area contributed by atoms with E-state index in [0.29, 0.717) is 18.5 Å². The Balaban J connectivity index is 2.09. The molecule has 1 amide bonds. The molecule has 0 saturated carbocycles. The normalized spacial score (nSPS) is 21.7. The van der Waals surface area contributed by atoms with Gasteiger partial charge in [0, 0.05) is 33.4 Å². The van der Waals surface area contributed by atoms with Crippen LogP contribution in [-0.4, -0.2) is 53.7 Å². The minimum Gasteiger partial charge on any atom is -0.388 e. The summed E-state index contributed by atoms with van der Waals surface area (Å²) in [5.41, 5.74) is -0.511. The lowest BCUT2D eigenvalue weighted by Crippen LogP contribution is -2.50. The van der Waals surface area contributed by atoms with Crippen molar-refractivity contribution in [2.45, 2.75) is 24.9 Å². The van der Waals surface area contributed by atoms with Gasteiger partial charge in [0.1, 0.15) is 11.9 Å². The maximum absolute atomic E-state index is 11.8. The van der Waals surface area contributed by atoms with Gasteiger partial charge in [-0.25, -0.2) is 4.98 Å². The van der Waals surface area contributed by atoms with Crippen LogP contribution < -0.4 is 4.90 Å². The van der Waals surface area contributed by atoms with Crippen LogP contribution in [0.3, 0.4) is 0 Å². The second-order valence-electron chi connectivity index (χ2n) is 5.73. The van der Waals surface area contributed by atoms with Crippen LogP contribution in [0.4, 0.5) is 5.82 Å². The SMILES string of the molecule is CN(C)C(=O)CC1(O)CCCN(c2ccc(C#N)cn2)C1. The highest BCUT2D eigenvalue weighted by molar-refractivity contribution is 5.76. The second kappa shape index (κ2) is 6.10. The Labute approximate surface area is 124 Å². The Bertz CT molecular complexity index is 550. The molecule has 1 aliphatic rings. The summed E-state index contributed by atoms with van der Waals surface area (Å²) in [5, 5.41) is 19.4. The van der Waals surface area contributed by atoms with Crippen molar-refractivity contribution in [1.29, 1.82) is 5.26 Å². The first kappa shape index (κ1) is 15.3. The maximum Gasteiger partial charge on any atom is 0.225 e. The first-order chi connectivity index (χ1) is 9.93. The third-order valence-corrected chi connectivity index (χ3v) is 3.74. The number of anilines is 1. The van der Waals surface area contributed by atoms with E-state index in [0.717, 1.165) is 18.8 Å². The first-order valence-electron chi connectivity index (χ1n) is 6.97. The largest absolute Gasteiger partial charge is 0.388 e. The number of hydrogen-bond donors (Lipinski definition) is 1. The molecule has 1 fully saturated rings. The highest BCUT2D eigenvalue weighted by atomic mass is 16.3. The molecule has 0 spiro atoms. The van der Waals surface area contributed by atoms with Gasteiger partial charge in [0.15, 0.2) is 0 Å². The summed E-state index contributed by atoms with van der Waals surface area (Å²) >= 11 is 0. The standard InChI is InChI=1S/C15H20N4O2/c1-18(2)14(20)8-15(21)6-3-7-19(11-15)13-5-4-12(9-16)10-17-13/h4-5,10,21H,3,6-8,11H2,1-2H3. The molecule has 2 heterocycles. The number of aliphatic hydroxyl groups is 1. The number of piperidine rings is 1. The van der Waals surface area contributed by atoms with E-state index in [1.807, 2.05) is 11.0 Å². The molecule has 1 saturated heterocycles. The summed E-state index contributed by atoms with van der Waals surface area (Å²) in [6, 6.07) is 5.52. The van der Waals surface area contributed by atoms with E-state index in [-0.39, 0.29) is 12.3 Å². The lowest BCUT2D eigenvalue weighted by Gasteiger charge is -2.39. The molecule has 0 aromatic carbocycles. The Morgan fingerprint density at radius 2 is 2.33 bits per heavy atom. The third kappa shape index (κ3) is 3.70. The topological polar surface area (TPSA) is 80.5 Å². The van der Waals surface area contributed by atoms with Crippen molar-refractivity contribution < 1.29 is 9.90 Å². The second-order valence-corrected chi connectivity index (χ2v) is 5.73. The molecule has 0 aliphatic carbocycles. The Kier molecular flexibility index (Phi) is 4.43. The first-order valence-corrected chi connectivity index (χ1v) is 6.97. The number of β-amino-alcohol motifs (C(OH)–C–C–N with tert-alkyl or cyclic N) is 1. The summed E-state index contributed by atoms with van der Waals surface area (Å²) < 4.78 is 0. The van der Waals surface area contributed by atoms with Crippen molar-refractivity contribution in [3.63, 3.8) is 0 Å². The van der Waals surface area contributed by atoms with Crippen molar-refractivity contribution >= 4 is 11.7 Å². The summed E-state index contributed by atoms with van der Waals surface area (Å²) in [6.07, 6.45) is 3.05. The number of aromatic nitrogens is 1. The van der Waals surface area contributed by atoms with Gasteiger partial charge >= 0.3 is 0 Å². The summed E-state index contributed by atoms with van der Waals surface area (Å²) in [4.78, 5) is 19.6. The number of pyridine rings is 1. The number of hydrogen-bond acceptors (Lipinski definition) is 5. The Morgan fingerprint density at radius 1 is 1.57 bits per heavy atom. The number of nitrogens with zero attached hydrogens (tertiary/aromatic N) is 4. The highest BCUT2D eigenvalue weighted by Gasteiger charge is 2.36. The molecule has 0 radical (unpaired) electrons. The van der Waals surface area contributed by atoms with Crippen molar-refractivity contribution in [1.82, 2.24) is 9.88 Å². The van der Waals surface area contributed by atoms with Crippen LogP contribution in [0.5, 0.6) is 0 Å². The molecule has 2 rings (SSSR count). The zero-order valence-electron chi connectivity index (χ0n) is 12.4. The lowest BCUT2D eigenvalue weighted by atomic mass is 9.89. The lowest BCUT2D eigenvalue weighted by molar-refractivity contribution is -0.134. The van der Waals surface area contributed by atoms with Gasteiger partial charge in [0.05, 0.1) is 17.6 Å². The fraction of sp³-hybridized carbons (Fsp3) is 0.533. The smallest absolute Gasteiger partial charge is 0.225 e. The monoisotopic (exact) mass is 288 g/mol. The third-order valence-electron chi connectivity index (χ3n) is 3.74. The number of rotatable bonds is 3. The molecular formula is C15H20N4O2. The van der Waals surface area contributed by atoms with Gasteiger partial charge in [-0.15, -0.1) is 0 Å². The van der Waals surface area contributed by atoms with Crippen molar-refractivity contribution in [3.8, 4) is 6.07 Å². The predicted octanol–water partition coefficient (Wildman–Crippen LogP) is 0.763. The highest BCUT2D eigenvalue weighted by Crippen LogP contribution is 2.27.